The quantitative estimate of drug-likeness (QED) is 0.660. The first-order chi connectivity index (χ1) is 12.5. The number of urea groups is 1. The monoisotopic (exact) mass is 391 g/mol. The van der Waals surface area contributed by atoms with Gasteiger partial charge in [-0.15, -0.1) is 0 Å². The van der Waals surface area contributed by atoms with Crippen LogP contribution in [0, 0.1) is 0 Å². The molecule has 0 aromatic heterocycles. The Balaban J connectivity index is 1.56. The summed E-state index contributed by atoms with van der Waals surface area (Å²) in [5, 5.41) is 9.23. The first kappa shape index (κ1) is 18.5. The number of amides is 3. The van der Waals surface area contributed by atoms with Gasteiger partial charge >= 0.3 is 6.03 Å². The van der Waals surface area contributed by atoms with E-state index < -0.39 is 6.03 Å². The summed E-state index contributed by atoms with van der Waals surface area (Å²) in [7, 11) is 0. The van der Waals surface area contributed by atoms with Crippen molar-refractivity contribution in [2.45, 2.75) is 31.7 Å². The minimum Gasteiger partial charge on any atom is -0.349 e. The van der Waals surface area contributed by atoms with Gasteiger partial charge in [0.25, 0.3) is 5.91 Å². The number of hydrogen-bond donors (Lipinski definition) is 3. The molecule has 0 bridgehead atoms. The number of rotatable bonds is 4. The molecule has 1 saturated carbocycles. The fourth-order valence-electron chi connectivity index (χ4n) is 2.92. The highest BCUT2D eigenvalue weighted by Crippen LogP contribution is 2.25. The van der Waals surface area contributed by atoms with Crippen LogP contribution in [0.2, 0.25) is 10.0 Å². The third-order valence-electron chi connectivity index (χ3n) is 4.27. The lowest BCUT2D eigenvalue weighted by molar-refractivity contribution is 0.0938. The predicted octanol–water partition coefficient (Wildman–Crippen LogP) is 5.31. The SMILES string of the molecule is O=C(Nc1ccc(C(=O)NC2CCCC2)cc1)Nc1ccc(Cl)cc1Cl. The van der Waals surface area contributed by atoms with Crippen LogP contribution in [-0.4, -0.2) is 18.0 Å². The van der Waals surface area contributed by atoms with Gasteiger partial charge in [0.15, 0.2) is 0 Å². The van der Waals surface area contributed by atoms with E-state index in [1.54, 1.807) is 42.5 Å². The molecule has 0 spiro atoms. The van der Waals surface area contributed by atoms with E-state index in [0.717, 1.165) is 12.8 Å². The summed E-state index contributed by atoms with van der Waals surface area (Å²) in [6, 6.07) is 11.4. The van der Waals surface area contributed by atoms with E-state index in [4.69, 9.17) is 23.2 Å². The van der Waals surface area contributed by atoms with Gasteiger partial charge in [0.1, 0.15) is 0 Å². The maximum Gasteiger partial charge on any atom is 0.323 e. The smallest absolute Gasteiger partial charge is 0.323 e. The van der Waals surface area contributed by atoms with Crippen LogP contribution in [0.1, 0.15) is 36.0 Å². The first-order valence-electron chi connectivity index (χ1n) is 8.45. The largest absolute Gasteiger partial charge is 0.349 e. The van der Waals surface area contributed by atoms with Gasteiger partial charge < -0.3 is 16.0 Å². The molecule has 136 valence electrons. The summed E-state index contributed by atoms with van der Waals surface area (Å²) in [5.74, 6) is -0.0825. The van der Waals surface area contributed by atoms with E-state index in [-0.39, 0.29) is 11.9 Å². The zero-order chi connectivity index (χ0) is 18.5. The van der Waals surface area contributed by atoms with Crippen molar-refractivity contribution in [2.24, 2.45) is 0 Å². The molecule has 1 aliphatic carbocycles. The van der Waals surface area contributed by atoms with Crippen LogP contribution in [-0.2, 0) is 0 Å². The fraction of sp³-hybridized carbons (Fsp3) is 0.263. The number of hydrogen-bond acceptors (Lipinski definition) is 2. The van der Waals surface area contributed by atoms with E-state index in [2.05, 4.69) is 16.0 Å². The van der Waals surface area contributed by atoms with Crippen molar-refractivity contribution in [1.82, 2.24) is 5.32 Å². The van der Waals surface area contributed by atoms with Gasteiger partial charge in [0, 0.05) is 22.3 Å². The summed E-state index contributed by atoms with van der Waals surface area (Å²) < 4.78 is 0. The maximum atomic E-state index is 12.2. The molecule has 1 fully saturated rings. The summed E-state index contributed by atoms with van der Waals surface area (Å²) in [6.45, 7) is 0. The highest BCUT2D eigenvalue weighted by atomic mass is 35.5. The van der Waals surface area contributed by atoms with Gasteiger partial charge in [-0.3, -0.25) is 4.79 Å². The molecule has 3 N–H and O–H groups in total. The summed E-state index contributed by atoms with van der Waals surface area (Å²) in [5.41, 5.74) is 1.61. The number of anilines is 2. The van der Waals surface area contributed by atoms with Gasteiger partial charge in [-0.25, -0.2) is 4.79 Å². The zero-order valence-electron chi connectivity index (χ0n) is 14.0. The Kier molecular flexibility index (Phi) is 6.01. The molecule has 2 aromatic rings. The average molecular weight is 392 g/mol. The fourth-order valence-corrected chi connectivity index (χ4v) is 3.38. The molecule has 0 heterocycles. The first-order valence-corrected chi connectivity index (χ1v) is 9.21. The third-order valence-corrected chi connectivity index (χ3v) is 4.82. The predicted molar refractivity (Wildman–Crippen MR) is 105 cm³/mol. The van der Waals surface area contributed by atoms with Gasteiger partial charge in [-0.2, -0.15) is 0 Å². The van der Waals surface area contributed by atoms with Gasteiger partial charge in [-0.1, -0.05) is 36.0 Å². The van der Waals surface area contributed by atoms with Gasteiger partial charge in [0.2, 0.25) is 0 Å². The van der Waals surface area contributed by atoms with Crippen molar-refractivity contribution in [3.63, 3.8) is 0 Å². The topological polar surface area (TPSA) is 70.2 Å². The lowest BCUT2D eigenvalue weighted by Gasteiger charge is -2.12. The van der Waals surface area contributed by atoms with E-state index in [1.165, 1.54) is 12.8 Å². The molecule has 0 aliphatic heterocycles. The Morgan fingerprint density at radius 3 is 2.27 bits per heavy atom. The lowest BCUT2D eigenvalue weighted by Crippen LogP contribution is -2.32. The van der Waals surface area contributed by atoms with Crippen LogP contribution in [0.3, 0.4) is 0 Å². The Hall–Kier alpha value is -2.24. The molecule has 5 nitrogen and oxygen atoms in total. The van der Waals surface area contributed by atoms with Crippen molar-refractivity contribution in [1.29, 1.82) is 0 Å². The van der Waals surface area contributed by atoms with E-state index in [9.17, 15) is 9.59 Å². The molecule has 0 saturated heterocycles. The molecule has 1 aliphatic rings. The summed E-state index contributed by atoms with van der Waals surface area (Å²) >= 11 is 11.9. The van der Waals surface area contributed by atoms with Crippen LogP contribution >= 0.6 is 23.2 Å². The highest BCUT2D eigenvalue weighted by Gasteiger charge is 2.17. The molecule has 0 atom stereocenters. The lowest BCUT2D eigenvalue weighted by atomic mass is 10.1. The van der Waals surface area contributed by atoms with Crippen molar-refractivity contribution in [2.75, 3.05) is 10.6 Å². The van der Waals surface area contributed by atoms with Crippen LogP contribution in [0.25, 0.3) is 0 Å². The van der Waals surface area contributed by atoms with Crippen LogP contribution in [0.15, 0.2) is 42.5 Å². The van der Waals surface area contributed by atoms with Gasteiger partial charge in [0.05, 0.1) is 10.7 Å². The second-order valence-electron chi connectivity index (χ2n) is 6.24. The molecule has 7 heteroatoms. The van der Waals surface area contributed by atoms with Crippen molar-refractivity contribution in [3.8, 4) is 0 Å². The third kappa shape index (κ3) is 4.90. The Morgan fingerprint density at radius 2 is 1.62 bits per heavy atom. The molecular formula is C19H19Cl2N3O2. The Bertz CT molecular complexity index is 803. The molecule has 3 rings (SSSR count). The van der Waals surface area contributed by atoms with Crippen molar-refractivity contribution < 1.29 is 9.59 Å². The van der Waals surface area contributed by atoms with Crippen LogP contribution in [0.4, 0.5) is 16.2 Å². The normalized spacial score (nSPS) is 14.1. The Labute approximate surface area is 162 Å². The van der Waals surface area contributed by atoms with Crippen molar-refractivity contribution >= 4 is 46.5 Å². The van der Waals surface area contributed by atoms with Crippen LogP contribution < -0.4 is 16.0 Å². The number of carbonyl (C=O) groups is 2. The summed E-state index contributed by atoms with van der Waals surface area (Å²) in [6.07, 6.45) is 4.42. The standard InChI is InChI=1S/C19H19Cl2N3O2/c20-13-7-10-17(16(21)11-13)24-19(26)23-15-8-5-12(6-9-15)18(25)22-14-3-1-2-4-14/h5-11,14H,1-4H2,(H,22,25)(H2,23,24,26). The van der Waals surface area contributed by atoms with Gasteiger partial charge in [-0.05, 0) is 55.3 Å². The number of nitrogens with one attached hydrogen (secondary N) is 3. The molecule has 3 amide bonds. The molecule has 26 heavy (non-hydrogen) atoms. The minimum absolute atomic E-state index is 0.0825. The number of benzene rings is 2. The maximum absolute atomic E-state index is 12.2. The van der Waals surface area contributed by atoms with E-state index in [0.29, 0.717) is 27.0 Å². The Morgan fingerprint density at radius 1 is 0.923 bits per heavy atom. The zero-order valence-corrected chi connectivity index (χ0v) is 15.5. The average Bonchev–Trinajstić information content (AvgIpc) is 3.11. The summed E-state index contributed by atoms with van der Waals surface area (Å²) in [4.78, 5) is 24.3. The van der Waals surface area contributed by atoms with E-state index >= 15 is 0 Å². The highest BCUT2D eigenvalue weighted by molar-refractivity contribution is 6.36. The minimum atomic E-state index is -0.433. The van der Waals surface area contributed by atoms with Crippen LogP contribution in [0.5, 0.6) is 0 Å². The molecule has 2 aromatic carbocycles. The molecule has 0 unspecified atom stereocenters. The number of carbonyl (C=O) groups excluding carboxylic acids is 2. The second-order valence-corrected chi connectivity index (χ2v) is 7.08. The molecule has 0 radical (unpaired) electrons. The second kappa shape index (κ2) is 8.43. The van der Waals surface area contributed by atoms with Crippen molar-refractivity contribution in [3.05, 3.63) is 58.1 Å². The number of halogens is 2. The van der Waals surface area contributed by atoms with E-state index in [1.807, 2.05) is 0 Å². The molecular weight excluding hydrogens is 373 g/mol.